The average molecular weight is 238 g/mol. The molecule has 0 aliphatic heterocycles. The van der Waals surface area contributed by atoms with Crippen molar-refractivity contribution in [2.45, 2.75) is 6.92 Å². The molecule has 1 amide bonds. The summed E-state index contributed by atoms with van der Waals surface area (Å²) < 4.78 is 1.61. The lowest BCUT2D eigenvalue weighted by molar-refractivity contribution is -0.388. The molecule has 0 bridgehead atoms. The number of rotatable bonds is 2. The summed E-state index contributed by atoms with van der Waals surface area (Å²) in [7, 11) is 1.77. The van der Waals surface area contributed by atoms with E-state index in [4.69, 9.17) is 0 Å². The minimum atomic E-state index is -0.00354. The Kier molecular flexibility index (Phi) is 3.68. The molecule has 0 N–H and O–H groups in total. The third-order valence-electron chi connectivity index (χ3n) is 2.76. The molecule has 2 aromatic carbocycles. The van der Waals surface area contributed by atoms with Gasteiger partial charge in [0.05, 0.1) is 5.56 Å². The zero-order valence-electron chi connectivity index (χ0n) is 10.6. The van der Waals surface area contributed by atoms with E-state index >= 15 is 0 Å². The smallest absolute Gasteiger partial charge is 0.214 e. The van der Waals surface area contributed by atoms with Crippen molar-refractivity contribution in [3.8, 4) is 0 Å². The molecule has 0 radical (unpaired) electrons. The Labute approximate surface area is 107 Å². The molecule has 0 aliphatic carbocycles. The van der Waals surface area contributed by atoms with Gasteiger partial charge in [0.2, 0.25) is 0 Å². The molecular formula is C16H16NO+. The number of benzene rings is 2. The second-order valence-electron chi connectivity index (χ2n) is 4.32. The van der Waals surface area contributed by atoms with Gasteiger partial charge in [0.1, 0.15) is 7.05 Å². The number of carbonyl (C=O) groups excluding carboxylic acids is 1. The fourth-order valence-electron chi connectivity index (χ4n) is 1.72. The van der Waals surface area contributed by atoms with Crippen LogP contribution >= 0.6 is 0 Å². The maximum Gasteiger partial charge on any atom is 0.419 e. The molecule has 0 fully saturated rings. The van der Waals surface area contributed by atoms with Crippen LogP contribution in [0.15, 0.2) is 54.6 Å². The third-order valence-corrected chi connectivity index (χ3v) is 2.76. The van der Waals surface area contributed by atoms with E-state index in [1.807, 2.05) is 67.7 Å². The van der Waals surface area contributed by atoms with E-state index < -0.39 is 0 Å². The second-order valence-corrected chi connectivity index (χ2v) is 4.32. The van der Waals surface area contributed by atoms with Gasteiger partial charge in [0, 0.05) is 5.56 Å². The predicted octanol–water partition coefficient (Wildman–Crippen LogP) is 2.90. The molecule has 0 heterocycles. The molecule has 90 valence electrons. The summed E-state index contributed by atoms with van der Waals surface area (Å²) in [5.74, 6) is -0.00354. The number of hydrogen-bond donors (Lipinski definition) is 0. The molecule has 18 heavy (non-hydrogen) atoms. The van der Waals surface area contributed by atoms with Crippen LogP contribution in [0.1, 0.15) is 21.5 Å². The summed E-state index contributed by atoms with van der Waals surface area (Å²) in [6.07, 6.45) is 1.84. The maximum absolute atomic E-state index is 12.1. The summed E-state index contributed by atoms with van der Waals surface area (Å²) in [5, 5.41) is 0. The van der Waals surface area contributed by atoms with E-state index in [0.29, 0.717) is 5.56 Å². The summed E-state index contributed by atoms with van der Waals surface area (Å²) in [5.41, 5.74) is 2.93. The van der Waals surface area contributed by atoms with E-state index in [9.17, 15) is 4.79 Å². The standard InChI is InChI=1S/C16H16NO/c1-13-8-10-14(11-9-13)12-17(2)16(18)15-6-4-3-5-7-15/h3-12H,1-2H3/q+1. The lowest BCUT2D eigenvalue weighted by Crippen LogP contribution is -2.17. The fraction of sp³-hybridized carbons (Fsp3) is 0.125. The zero-order chi connectivity index (χ0) is 13.0. The highest BCUT2D eigenvalue weighted by molar-refractivity contribution is 5.91. The van der Waals surface area contributed by atoms with Crippen LogP contribution < -0.4 is 0 Å². The Hall–Kier alpha value is -2.22. The first-order chi connectivity index (χ1) is 8.66. The molecule has 2 rings (SSSR count). The quantitative estimate of drug-likeness (QED) is 0.582. The molecule has 2 heteroatoms. The molecular weight excluding hydrogens is 222 g/mol. The lowest BCUT2D eigenvalue weighted by Gasteiger charge is -1.97. The van der Waals surface area contributed by atoms with Crippen molar-refractivity contribution < 1.29 is 9.37 Å². The van der Waals surface area contributed by atoms with Crippen LogP contribution in [0.3, 0.4) is 0 Å². The molecule has 0 spiro atoms. The van der Waals surface area contributed by atoms with Crippen LogP contribution in [-0.4, -0.2) is 23.7 Å². The summed E-state index contributed by atoms with van der Waals surface area (Å²) >= 11 is 0. The molecule has 0 aromatic heterocycles. The normalized spacial score (nSPS) is 11.3. The highest BCUT2D eigenvalue weighted by Crippen LogP contribution is 2.02. The Morgan fingerprint density at radius 3 is 2.22 bits per heavy atom. The molecule has 0 atom stereocenters. The van der Waals surface area contributed by atoms with E-state index in [2.05, 4.69) is 0 Å². The van der Waals surface area contributed by atoms with Crippen molar-refractivity contribution in [1.82, 2.24) is 0 Å². The maximum atomic E-state index is 12.1. The van der Waals surface area contributed by atoms with Gasteiger partial charge in [-0.15, -0.1) is 0 Å². The zero-order valence-corrected chi connectivity index (χ0v) is 10.6. The SMILES string of the molecule is Cc1ccc(C=[N+](C)C(=O)c2ccccc2)cc1. The topological polar surface area (TPSA) is 20.1 Å². The molecule has 2 nitrogen and oxygen atoms in total. The van der Waals surface area contributed by atoms with Crippen molar-refractivity contribution in [2.24, 2.45) is 0 Å². The van der Waals surface area contributed by atoms with E-state index in [1.165, 1.54) is 5.56 Å². The highest BCUT2D eigenvalue weighted by atomic mass is 16.2. The van der Waals surface area contributed by atoms with E-state index in [0.717, 1.165) is 5.56 Å². The highest BCUT2D eigenvalue weighted by Gasteiger charge is 2.14. The van der Waals surface area contributed by atoms with Gasteiger partial charge < -0.3 is 0 Å². The number of aryl methyl sites for hydroxylation is 1. The predicted molar refractivity (Wildman–Crippen MR) is 73.3 cm³/mol. The van der Waals surface area contributed by atoms with Crippen molar-refractivity contribution >= 4 is 12.1 Å². The summed E-state index contributed by atoms with van der Waals surface area (Å²) in [6.45, 7) is 2.04. The third kappa shape index (κ3) is 2.92. The van der Waals surface area contributed by atoms with Gasteiger partial charge in [-0.3, -0.25) is 0 Å². The fourth-order valence-corrected chi connectivity index (χ4v) is 1.72. The Balaban J connectivity index is 2.23. The Bertz CT molecular complexity index is 568. The van der Waals surface area contributed by atoms with Gasteiger partial charge >= 0.3 is 5.91 Å². The number of hydrogen-bond acceptors (Lipinski definition) is 1. The van der Waals surface area contributed by atoms with Crippen molar-refractivity contribution in [3.63, 3.8) is 0 Å². The van der Waals surface area contributed by atoms with Crippen LogP contribution in [0, 0.1) is 6.92 Å². The van der Waals surface area contributed by atoms with Crippen molar-refractivity contribution in [2.75, 3.05) is 7.05 Å². The first-order valence-electron chi connectivity index (χ1n) is 5.90. The van der Waals surface area contributed by atoms with Crippen LogP contribution in [0.2, 0.25) is 0 Å². The molecule has 0 aliphatic rings. The van der Waals surface area contributed by atoms with Gasteiger partial charge in [-0.25, -0.2) is 4.79 Å². The Morgan fingerprint density at radius 1 is 1.00 bits per heavy atom. The van der Waals surface area contributed by atoms with Crippen molar-refractivity contribution in [3.05, 3.63) is 71.3 Å². The number of nitrogens with zero attached hydrogens (tertiary/aromatic N) is 1. The molecule has 2 aromatic rings. The van der Waals surface area contributed by atoms with Crippen molar-refractivity contribution in [1.29, 1.82) is 0 Å². The van der Waals surface area contributed by atoms with Gasteiger partial charge in [-0.2, -0.15) is 4.58 Å². The minimum absolute atomic E-state index is 0.00354. The van der Waals surface area contributed by atoms with Crippen LogP contribution in [-0.2, 0) is 0 Å². The molecule has 0 saturated carbocycles. The largest absolute Gasteiger partial charge is 0.419 e. The van der Waals surface area contributed by atoms with Gasteiger partial charge in [-0.05, 0) is 31.2 Å². The number of amides is 1. The summed E-state index contributed by atoms with van der Waals surface area (Å²) in [4.78, 5) is 12.1. The molecule has 0 unspecified atom stereocenters. The first-order valence-corrected chi connectivity index (χ1v) is 5.90. The van der Waals surface area contributed by atoms with Crippen LogP contribution in [0.5, 0.6) is 0 Å². The molecule has 0 saturated heterocycles. The Morgan fingerprint density at radius 2 is 1.61 bits per heavy atom. The summed E-state index contributed by atoms with van der Waals surface area (Å²) in [6, 6.07) is 17.4. The van der Waals surface area contributed by atoms with E-state index in [-0.39, 0.29) is 5.91 Å². The van der Waals surface area contributed by atoms with Gasteiger partial charge in [0.25, 0.3) is 0 Å². The first kappa shape index (κ1) is 12.2. The van der Waals surface area contributed by atoms with E-state index in [1.54, 1.807) is 11.6 Å². The second kappa shape index (κ2) is 5.41. The lowest BCUT2D eigenvalue weighted by atomic mass is 10.1. The van der Waals surface area contributed by atoms with Gasteiger partial charge in [-0.1, -0.05) is 35.9 Å². The average Bonchev–Trinajstić information content (AvgIpc) is 2.41. The van der Waals surface area contributed by atoms with Crippen LogP contribution in [0.4, 0.5) is 0 Å². The minimum Gasteiger partial charge on any atom is -0.214 e. The van der Waals surface area contributed by atoms with Gasteiger partial charge in [0.15, 0.2) is 6.21 Å². The monoisotopic (exact) mass is 238 g/mol. The van der Waals surface area contributed by atoms with Crippen LogP contribution in [0.25, 0.3) is 0 Å². The number of carbonyl (C=O) groups is 1.